The lowest BCUT2D eigenvalue weighted by Gasteiger charge is -2.28. The highest BCUT2D eigenvalue weighted by Crippen LogP contribution is 2.50. The Morgan fingerprint density at radius 1 is 0.405 bits per heavy atom. The van der Waals surface area contributed by atoms with Crippen molar-refractivity contribution in [1.82, 2.24) is 0 Å². The van der Waals surface area contributed by atoms with E-state index in [9.17, 15) is 0 Å². The molecule has 6 aromatic carbocycles. The Morgan fingerprint density at radius 2 is 0.929 bits per heavy atom. The van der Waals surface area contributed by atoms with Gasteiger partial charge in [0, 0.05) is 22.5 Å². The Kier molecular flexibility index (Phi) is 6.32. The summed E-state index contributed by atoms with van der Waals surface area (Å²) in [5.74, 6) is 0. The summed E-state index contributed by atoms with van der Waals surface area (Å²) >= 11 is 0. The highest BCUT2D eigenvalue weighted by Gasteiger charge is 2.35. The van der Waals surface area contributed by atoms with Gasteiger partial charge >= 0.3 is 0 Å². The summed E-state index contributed by atoms with van der Waals surface area (Å²) in [5.41, 5.74) is 16.4. The van der Waals surface area contributed by atoms with Crippen molar-refractivity contribution in [3.8, 4) is 33.4 Å². The lowest BCUT2D eigenvalue weighted by molar-refractivity contribution is 0.660. The van der Waals surface area contributed by atoms with Gasteiger partial charge in [0.25, 0.3) is 0 Å². The number of benzene rings is 6. The van der Waals surface area contributed by atoms with Crippen LogP contribution >= 0.6 is 0 Å². The maximum Gasteiger partial charge on any atom is 0.0468 e. The highest BCUT2D eigenvalue weighted by molar-refractivity contribution is 5.88. The molecule has 42 heavy (non-hydrogen) atoms. The monoisotopic (exact) mass is 541 g/mol. The Labute approximate surface area is 249 Å². The van der Waals surface area contributed by atoms with Crippen molar-refractivity contribution >= 4 is 17.1 Å². The second-order valence-corrected chi connectivity index (χ2v) is 12.0. The average molecular weight is 542 g/mol. The van der Waals surface area contributed by atoms with E-state index < -0.39 is 0 Å². The molecule has 6 aromatic rings. The van der Waals surface area contributed by atoms with E-state index in [1.54, 1.807) is 0 Å². The maximum atomic E-state index is 2.41. The zero-order chi connectivity index (χ0) is 28.8. The van der Waals surface area contributed by atoms with Crippen LogP contribution in [0.15, 0.2) is 140 Å². The number of hydrogen-bond acceptors (Lipinski definition) is 1. The Balaban J connectivity index is 1.41. The zero-order valence-corrected chi connectivity index (χ0v) is 24.7. The van der Waals surface area contributed by atoms with Gasteiger partial charge in [-0.05, 0) is 106 Å². The molecule has 0 saturated heterocycles. The summed E-state index contributed by atoms with van der Waals surface area (Å²) in [7, 11) is 0. The fraction of sp³-hybridized carbons (Fsp3) is 0.122. The van der Waals surface area contributed by atoms with E-state index in [1.807, 2.05) is 0 Å². The number of fused-ring (bicyclic) bond motifs is 3. The minimum absolute atomic E-state index is 0.0194. The van der Waals surface area contributed by atoms with Crippen LogP contribution in [0.4, 0.5) is 17.1 Å². The topological polar surface area (TPSA) is 3.24 Å². The van der Waals surface area contributed by atoms with Crippen molar-refractivity contribution in [1.29, 1.82) is 0 Å². The van der Waals surface area contributed by atoms with Gasteiger partial charge in [-0.15, -0.1) is 0 Å². The minimum atomic E-state index is -0.0194. The fourth-order valence-corrected chi connectivity index (χ4v) is 6.64. The molecule has 0 atom stereocenters. The van der Waals surface area contributed by atoms with Gasteiger partial charge < -0.3 is 4.90 Å². The molecule has 0 fully saturated rings. The number of hydrogen-bond donors (Lipinski definition) is 0. The third kappa shape index (κ3) is 4.33. The maximum absolute atomic E-state index is 2.41. The molecule has 1 nitrogen and oxygen atoms in total. The summed E-state index contributed by atoms with van der Waals surface area (Å²) in [5, 5.41) is 0. The summed E-state index contributed by atoms with van der Waals surface area (Å²) in [6.07, 6.45) is 0. The molecule has 0 heterocycles. The van der Waals surface area contributed by atoms with Gasteiger partial charge in [-0.1, -0.05) is 117 Å². The molecule has 0 bridgehead atoms. The van der Waals surface area contributed by atoms with Crippen LogP contribution < -0.4 is 4.90 Å². The minimum Gasteiger partial charge on any atom is -0.310 e. The molecule has 204 valence electrons. The number of anilines is 3. The first kappa shape index (κ1) is 26.0. The standard InChI is InChI=1S/C41H35N/c1-28-12-8-9-15-35(28)37-26-33(21-18-29(37)2)42(32-22-19-31(20-23-32)30-13-6-5-7-14-30)34-24-25-40-38(27-34)36-16-10-11-17-39(36)41(40,3)4/h5-27H,1-4H3. The molecule has 0 aliphatic heterocycles. The Morgan fingerprint density at radius 3 is 1.67 bits per heavy atom. The average Bonchev–Trinajstić information content (AvgIpc) is 3.25. The molecule has 1 aliphatic rings. The van der Waals surface area contributed by atoms with Gasteiger partial charge in [-0.25, -0.2) is 0 Å². The first-order valence-electron chi connectivity index (χ1n) is 14.8. The van der Waals surface area contributed by atoms with Gasteiger partial charge in [0.05, 0.1) is 0 Å². The van der Waals surface area contributed by atoms with Crippen LogP contribution in [0.25, 0.3) is 33.4 Å². The van der Waals surface area contributed by atoms with Gasteiger partial charge in [0.1, 0.15) is 0 Å². The van der Waals surface area contributed by atoms with Gasteiger partial charge in [0.15, 0.2) is 0 Å². The van der Waals surface area contributed by atoms with Crippen molar-refractivity contribution in [3.05, 3.63) is 162 Å². The van der Waals surface area contributed by atoms with Gasteiger partial charge in [-0.2, -0.15) is 0 Å². The molecule has 0 radical (unpaired) electrons. The van der Waals surface area contributed by atoms with Gasteiger partial charge in [0.2, 0.25) is 0 Å². The van der Waals surface area contributed by atoms with E-state index >= 15 is 0 Å². The summed E-state index contributed by atoms with van der Waals surface area (Å²) in [4.78, 5) is 2.41. The molecule has 0 aromatic heterocycles. The molecule has 0 unspecified atom stereocenters. The van der Waals surface area contributed by atoms with Crippen LogP contribution in [0.2, 0.25) is 0 Å². The predicted octanol–water partition coefficient (Wildman–Crippen LogP) is 11.4. The van der Waals surface area contributed by atoms with E-state index in [-0.39, 0.29) is 5.41 Å². The highest BCUT2D eigenvalue weighted by atomic mass is 15.1. The molecule has 7 rings (SSSR count). The predicted molar refractivity (Wildman–Crippen MR) is 179 cm³/mol. The van der Waals surface area contributed by atoms with Crippen LogP contribution in [0, 0.1) is 13.8 Å². The second-order valence-electron chi connectivity index (χ2n) is 12.0. The lowest BCUT2D eigenvalue weighted by atomic mass is 9.82. The molecule has 0 saturated carbocycles. The summed E-state index contributed by atoms with van der Waals surface area (Å²) in [6.45, 7) is 9.08. The molecular weight excluding hydrogens is 506 g/mol. The van der Waals surface area contributed by atoms with Crippen LogP contribution in [0.3, 0.4) is 0 Å². The molecule has 0 spiro atoms. The number of aryl methyl sites for hydroxylation is 2. The number of rotatable bonds is 5. The SMILES string of the molecule is Cc1ccccc1-c1cc(N(c2ccc(-c3ccccc3)cc2)c2ccc3c(c2)-c2ccccc2C3(C)C)ccc1C. The lowest BCUT2D eigenvalue weighted by Crippen LogP contribution is -2.15. The van der Waals surface area contributed by atoms with Crippen LogP contribution in [-0.2, 0) is 5.41 Å². The third-order valence-corrected chi connectivity index (χ3v) is 8.97. The van der Waals surface area contributed by atoms with E-state index in [2.05, 4.69) is 172 Å². The zero-order valence-electron chi connectivity index (χ0n) is 24.7. The first-order chi connectivity index (χ1) is 20.4. The Bertz CT molecular complexity index is 1910. The molecule has 0 N–H and O–H groups in total. The van der Waals surface area contributed by atoms with Crippen molar-refractivity contribution in [2.24, 2.45) is 0 Å². The van der Waals surface area contributed by atoms with E-state index in [4.69, 9.17) is 0 Å². The van der Waals surface area contributed by atoms with Crippen molar-refractivity contribution in [2.75, 3.05) is 4.90 Å². The quantitative estimate of drug-likeness (QED) is 0.210. The molecular formula is C41H35N. The fourth-order valence-electron chi connectivity index (χ4n) is 6.64. The van der Waals surface area contributed by atoms with Crippen LogP contribution in [0.1, 0.15) is 36.1 Å². The largest absolute Gasteiger partial charge is 0.310 e. The first-order valence-corrected chi connectivity index (χ1v) is 14.8. The van der Waals surface area contributed by atoms with E-state index in [1.165, 1.54) is 55.6 Å². The van der Waals surface area contributed by atoms with Crippen molar-refractivity contribution < 1.29 is 0 Å². The Hall–Kier alpha value is -4.88. The van der Waals surface area contributed by atoms with Crippen molar-refractivity contribution in [3.63, 3.8) is 0 Å². The smallest absolute Gasteiger partial charge is 0.0468 e. The third-order valence-electron chi connectivity index (χ3n) is 8.97. The molecule has 0 amide bonds. The second kappa shape index (κ2) is 10.2. The van der Waals surface area contributed by atoms with Crippen LogP contribution in [0.5, 0.6) is 0 Å². The normalized spacial score (nSPS) is 13.0. The van der Waals surface area contributed by atoms with Crippen molar-refractivity contribution in [2.45, 2.75) is 33.1 Å². The molecule has 1 aliphatic carbocycles. The van der Waals surface area contributed by atoms with E-state index in [0.717, 1.165) is 17.1 Å². The summed E-state index contributed by atoms with van der Waals surface area (Å²) < 4.78 is 0. The number of nitrogens with zero attached hydrogens (tertiary/aromatic N) is 1. The summed E-state index contributed by atoms with van der Waals surface area (Å²) in [6, 6.07) is 51.0. The van der Waals surface area contributed by atoms with E-state index in [0.29, 0.717) is 0 Å². The van der Waals surface area contributed by atoms with Crippen LogP contribution in [-0.4, -0.2) is 0 Å². The molecule has 1 heteroatoms. The van der Waals surface area contributed by atoms with Gasteiger partial charge in [-0.3, -0.25) is 0 Å².